The lowest BCUT2D eigenvalue weighted by Gasteiger charge is -2.20. The summed E-state index contributed by atoms with van der Waals surface area (Å²) in [5.41, 5.74) is 2.91. The molecular formula is C26H32FN9O. The maximum Gasteiger partial charge on any atom is 0.207 e. The molecule has 37 heavy (non-hydrogen) atoms. The van der Waals surface area contributed by atoms with Gasteiger partial charge in [-0.05, 0) is 45.2 Å². The molecule has 4 aromatic heterocycles. The van der Waals surface area contributed by atoms with Crippen LogP contribution in [0.15, 0.2) is 42.9 Å². The van der Waals surface area contributed by atoms with Gasteiger partial charge in [-0.1, -0.05) is 25.3 Å². The van der Waals surface area contributed by atoms with E-state index in [0.717, 1.165) is 40.6 Å². The number of hydrogen-bond acceptors (Lipinski definition) is 7. The number of nitrogens with zero attached hydrogens (tertiary/aromatic N) is 6. The van der Waals surface area contributed by atoms with E-state index in [2.05, 4.69) is 40.9 Å². The van der Waals surface area contributed by atoms with Gasteiger partial charge in [0.2, 0.25) is 6.41 Å². The van der Waals surface area contributed by atoms with Gasteiger partial charge in [-0.25, -0.2) is 24.0 Å². The van der Waals surface area contributed by atoms with Crippen LogP contribution in [0, 0.1) is 19.7 Å². The van der Waals surface area contributed by atoms with Crippen molar-refractivity contribution in [2.75, 3.05) is 5.32 Å². The number of rotatable bonds is 7. The summed E-state index contributed by atoms with van der Waals surface area (Å²) in [7, 11) is 0. The van der Waals surface area contributed by atoms with Crippen LogP contribution < -0.4 is 10.6 Å². The Morgan fingerprint density at radius 3 is 2.54 bits per heavy atom. The van der Waals surface area contributed by atoms with Gasteiger partial charge in [0.25, 0.3) is 0 Å². The molecule has 0 bridgehead atoms. The molecule has 0 aromatic carbocycles. The SMILES string of the molecule is CC(NC=O)c1ccc(-n2cc(F)cn2)nc1.Cc1cc(Nc2cc(C)[nH]n2)nc(C2CCCCC2)n1. The molecule has 1 aliphatic carbocycles. The minimum atomic E-state index is -0.410. The van der Waals surface area contributed by atoms with E-state index in [1.54, 1.807) is 12.3 Å². The molecule has 1 amide bonds. The molecule has 10 nitrogen and oxygen atoms in total. The van der Waals surface area contributed by atoms with Crippen LogP contribution in [0.3, 0.4) is 0 Å². The molecule has 3 N–H and O–H groups in total. The van der Waals surface area contributed by atoms with Crippen molar-refractivity contribution in [2.45, 2.75) is 64.8 Å². The molecule has 5 rings (SSSR count). The first-order valence-electron chi connectivity index (χ1n) is 12.4. The summed E-state index contributed by atoms with van der Waals surface area (Å²) in [5.74, 6) is 3.26. The lowest BCUT2D eigenvalue weighted by atomic mass is 9.88. The highest BCUT2D eigenvalue weighted by molar-refractivity contribution is 5.52. The molecule has 0 aliphatic heterocycles. The third-order valence-electron chi connectivity index (χ3n) is 6.18. The van der Waals surface area contributed by atoms with Gasteiger partial charge in [0, 0.05) is 35.6 Å². The summed E-state index contributed by atoms with van der Waals surface area (Å²) >= 11 is 0. The van der Waals surface area contributed by atoms with Crippen LogP contribution in [-0.2, 0) is 4.79 Å². The number of aromatic amines is 1. The number of aryl methyl sites for hydroxylation is 2. The fraction of sp³-hybridized carbons (Fsp3) is 0.385. The quantitative estimate of drug-likeness (QED) is 0.307. The first kappa shape index (κ1) is 25.9. The van der Waals surface area contributed by atoms with Gasteiger partial charge >= 0.3 is 0 Å². The molecule has 1 atom stereocenters. The Bertz CT molecular complexity index is 1300. The van der Waals surface area contributed by atoms with E-state index in [0.29, 0.717) is 18.1 Å². The lowest BCUT2D eigenvalue weighted by molar-refractivity contribution is -0.110. The summed E-state index contributed by atoms with van der Waals surface area (Å²) in [5, 5.41) is 16.8. The average Bonchev–Trinajstić information content (AvgIpc) is 3.52. The number of hydrogen-bond donors (Lipinski definition) is 3. The van der Waals surface area contributed by atoms with Gasteiger partial charge in [-0.3, -0.25) is 9.89 Å². The highest BCUT2D eigenvalue weighted by Gasteiger charge is 2.19. The standard InChI is InChI=1S/C15H21N5.C11H11FN4O/c1-10-8-13(17-14-9-11(2)19-20-14)18-15(16-10)12-6-4-3-5-7-12;1-8(14-7-17)9-2-3-11(13-4-9)16-6-10(12)5-15-16/h8-9,12H,3-7H2,1-2H3,(H2,16,17,18,19,20);2-8H,1H3,(H,14,17). The van der Waals surface area contributed by atoms with E-state index in [4.69, 9.17) is 0 Å². The number of halogens is 1. The molecule has 0 saturated heterocycles. The van der Waals surface area contributed by atoms with Crippen molar-refractivity contribution < 1.29 is 9.18 Å². The summed E-state index contributed by atoms with van der Waals surface area (Å²) in [4.78, 5) is 23.7. The van der Waals surface area contributed by atoms with Gasteiger partial charge in [0.05, 0.1) is 18.4 Å². The summed E-state index contributed by atoms with van der Waals surface area (Å²) in [6.07, 6.45) is 11.0. The highest BCUT2D eigenvalue weighted by Crippen LogP contribution is 2.31. The number of nitrogens with one attached hydrogen (secondary N) is 3. The van der Waals surface area contributed by atoms with E-state index in [9.17, 15) is 9.18 Å². The van der Waals surface area contributed by atoms with Crippen molar-refractivity contribution in [1.82, 2.24) is 40.2 Å². The van der Waals surface area contributed by atoms with Crippen LogP contribution in [0.5, 0.6) is 0 Å². The van der Waals surface area contributed by atoms with Gasteiger partial charge in [0.15, 0.2) is 17.5 Å². The minimum absolute atomic E-state index is 0.108. The van der Waals surface area contributed by atoms with E-state index >= 15 is 0 Å². The van der Waals surface area contributed by atoms with Crippen molar-refractivity contribution in [3.05, 3.63) is 71.4 Å². The van der Waals surface area contributed by atoms with Gasteiger partial charge < -0.3 is 10.6 Å². The zero-order valence-electron chi connectivity index (χ0n) is 21.3. The molecule has 1 aliphatic rings. The predicted molar refractivity (Wildman–Crippen MR) is 138 cm³/mol. The second kappa shape index (κ2) is 12.2. The fourth-order valence-electron chi connectivity index (χ4n) is 4.23. The normalized spacial score (nSPS) is 14.4. The Balaban J connectivity index is 0.000000176. The third kappa shape index (κ3) is 7.18. The van der Waals surface area contributed by atoms with Crippen molar-refractivity contribution in [1.29, 1.82) is 0 Å². The maximum absolute atomic E-state index is 12.8. The Morgan fingerprint density at radius 2 is 1.92 bits per heavy atom. The van der Waals surface area contributed by atoms with Crippen LogP contribution in [0.25, 0.3) is 5.82 Å². The predicted octanol–water partition coefficient (Wildman–Crippen LogP) is 4.82. The van der Waals surface area contributed by atoms with Crippen LogP contribution in [0.1, 0.15) is 73.8 Å². The zero-order valence-corrected chi connectivity index (χ0v) is 21.3. The minimum Gasteiger partial charge on any atom is -0.352 e. The van der Waals surface area contributed by atoms with E-state index in [1.165, 1.54) is 43.0 Å². The molecule has 194 valence electrons. The number of aromatic nitrogens is 7. The molecule has 0 radical (unpaired) electrons. The number of H-pyrrole nitrogens is 1. The maximum atomic E-state index is 12.8. The number of anilines is 2. The Hall–Kier alpha value is -4.15. The first-order valence-corrected chi connectivity index (χ1v) is 12.4. The molecule has 1 saturated carbocycles. The number of amides is 1. The van der Waals surface area contributed by atoms with E-state index in [1.807, 2.05) is 39.0 Å². The second-order valence-electron chi connectivity index (χ2n) is 9.21. The van der Waals surface area contributed by atoms with Crippen LogP contribution in [0.2, 0.25) is 0 Å². The van der Waals surface area contributed by atoms with Crippen molar-refractivity contribution >= 4 is 18.0 Å². The number of carbonyl (C=O) groups excluding carboxylic acids is 1. The molecule has 11 heteroatoms. The monoisotopic (exact) mass is 505 g/mol. The smallest absolute Gasteiger partial charge is 0.207 e. The molecule has 1 fully saturated rings. The van der Waals surface area contributed by atoms with Crippen LogP contribution >= 0.6 is 0 Å². The zero-order chi connectivity index (χ0) is 26.2. The lowest BCUT2D eigenvalue weighted by Crippen LogP contribution is -2.16. The average molecular weight is 506 g/mol. The largest absolute Gasteiger partial charge is 0.352 e. The van der Waals surface area contributed by atoms with E-state index in [-0.39, 0.29) is 6.04 Å². The van der Waals surface area contributed by atoms with Crippen molar-refractivity contribution in [3.63, 3.8) is 0 Å². The van der Waals surface area contributed by atoms with Crippen LogP contribution in [-0.4, -0.2) is 41.3 Å². The molecule has 0 spiro atoms. The molecule has 1 unspecified atom stereocenters. The first-order chi connectivity index (χ1) is 17.9. The summed E-state index contributed by atoms with van der Waals surface area (Å²) in [6.45, 7) is 5.85. The molecule has 4 heterocycles. The highest BCUT2D eigenvalue weighted by atomic mass is 19.1. The second-order valence-corrected chi connectivity index (χ2v) is 9.21. The van der Waals surface area contributed by atoms with E-state index < -0.39 is 5.82 Å². The van der Waals surface area contributed by atoms with Crippen molar-refractivity contribution in [2.24, 2.45) is 0 Å². The van der Waals surface area contributed by atoms with Crippen LogP contribution in [0.4, 0.5) is 16.0 Å². The number of pyridine rings is 1. The molecule has 4 aromatic rings. The molecular weight excluding hydrogens is 473 g/mol. The third-order valence-corrected chi connectivity index (χ3v) is 6.18. The van der Waals surface area contributed by atoms with Gasteiger partial charge in [-0.15, -0.1) is 0 Å². The number of carbonyl (C=O) groups is 1. The Morgan fingerprint density at radius 1 is 1.11 bits per heavy atom. The topological polar surface area (TPSA) is 126 Å². The van der Waals surface area contributed by atoms with Crippen molar-refractivity contribution in [3.8, 4) is 5.82 Å². The van der Waals surface area contributed by atoms with Gasteiger partial charge in [0.1, 0.15) is 11.6 Å². The fourth-order valence-corrected chi connectivity index (χ4v) is 4.23. The summed E-state index contributed by atoms with van der Waals surface area (Å²) in [6, 6.07) is 7.35. The Kier molecular flexibility index (Phi) is 8.55. The Labute approximate surface area is 215 Å². The van der Waals surface area contributed by atoms with Gasteiger partial charge in [-0.2, -0.15) is 10.2 Å². The summed E-state index contributed by atoms with van der Waals surface area (Å²) < 4.78 is 14.1.